The van der Waals surface area contributed by atoms with Gasteiger partial charge in [-0.2, -0.15) is 9.97 Å². The topological polar surface area (TPSA) is 75.4 Å². The van der Waals surface area contributed by atoms with Crippen LogP contribution in [-0.2, 0) is 22.6 Å². The van der Waals surface area contributed by atoms with Crippen LogP contribution in [0, 0.1) is 6.57 Å². The van der Waals surface area contributed by atoms with Gasteiger partial charge < -0.3 is 24.1 Å². The molecule has 2 fully saturated rings. The Kier molecular flexibility index (Phi) is 8.70. The monoisotopic (exact) mass is 632 g/mol. The fourth-order valence-electron chi connectivity index (χ4n) is 7.15. The molecule has 3 aromatic rings. The fourth-order valence-corrected chi connectivity index (χ4v) is 7.44. The van der Waals surface area contributed by atoms with Gasteiger partial charge in [-0.25, -0.2) is 11.0 Å². The number of halogens is 2. The third-order valence-electron chi connectivity index (χ3n) is 9.35. The number of carbonyl (C=O) groups is 1. The molecule has 1 amide bonds. The number of likely N-dealkylation sites (N-methyl/N-ethyl adjacent to an activating group) is 1. The third kappa shape index (κ3) is 6.09. The number of carbonyl (C=O) groups excluding carboxylic acids is 1. The molecule has 4 heterocycles. The van der Waals surface area contributed by atoms with Crippen molar-refractivity contribution in [2.45, 2.75) is 63.5 Å². The zero-order chi connectivity index (χ0) is 31.9. The quantitative estimate of drug-likeness (QED) is 0.242. The Morgan fingerprint density at radius 1 is 1.22 bits per heavy atom. The van der Waals surface area contributed by atoms with Crippen molar-refractivity contribution >= 4 is 34.1 Å². The highest BCUT2D eigenvalue weighted by Gasteiger charge is 2.40. The van der Waals surface area contributed by atoms with Crippen molar-refractivity contribution in [3.8, 4) is 6.01 Å². The van der Waals surface area contributed by atoms with Crippen molar-refractivity contribution in [2.24, 2.45) is 0 Å². The van der Waals surface area contributed by atoms with Gasteiger partial charge in [-0.3, -0.25) is 9.69 Å². The maximum absolute atomic E-state index is 13.9. The number of amides is 1. The summed E-state index contributed by atoms with van der Waals surface area (Å²) in [6, 6.07) is 11.9. The number of hydrogen-bond donors (Lipinski definition) is 0. The second-order valence-corrected chi connectivity index (χ2v) is 13.0. The number of piperazine rings is 1. The number of ether oxygens (including phenoxy) is 2. The normalized spacial score (nSPS) is 22.3. The molecule has 0 saturated carbocycles. The maximum atomic E-state index is 13.9. The van der Waals surface area contributed by atoms with Gasteiger partial charge in [0.25, 0.3) is 5.91 Å². The van der Waals surface area contributed by atoms with Gasteiger partial charge in [-0.05, 0) is 57.3 Å². The summed E-state index contributed by atoms with van der Waals surface area (Å²) in [7, 11) is 2.11. The van der Waals surface area contributed by atoms with Gasteiger partial charge in [-0.15, -0.1) is 0 Å². The lowest BCUT2D eigenvalue weighted by molar-refractivity contribution is -0.131. The van der Waals surface area contributed by atoms with Crippen molar-refractivity contribution in [3.63, 3.8) is 0 Å². The molecule has 2 aromatic carbocycles. The summed E-state index contributed by atoms with van der Waals surface area (Å²) in [6.07, 6.45) is 2.33. The summed E-state index contributed by atoms with van der Waals surface area (Å²) in [5.41, 5.74) is 2.11. The molecule has 0 N–H and O–H groups in total. The second-order valence-electron chi connectivity index (χ2n) is 12.6. The Bertz CT molecular complexity index is 1670. The van der Waals surface area contributed by atoms with Crippen LogP contribution >= 0.6 is 11.6 Å². The minimum atomic E-state index is -1.03. The Hall–Kier alpha value is -3.78. The molecule has 0 spiro atoms. The highest BCUT2D eigenvalue weighted by Crippen LogP contribution is 2.40. The molecule has 0 aliphatic carbocycles. The minimum absolute atomic E-state index is 0.0353. The van der Waals surface area contributed by atoms with E-state index in [1.54, 1.807) is 0 Å². The van der Waals surface area contributed by atoms with Crippen LogP contribution in [0.1, 0.15) is 49.6 Å². The van der Waals surface area contributed by atoms with Crippen LogP contribution in [0.2, 0.25) is 5.02 Å². The predicted molar refractivity (Wildman–Crippen MR) is 172 cm³/mol. The van der Waals surface area contributed by atoms with E-state index in [1.807, 2.05) is 41.3 Å². The average molecular weight is 633 g/mol. The summed E-state index contributed by atoms with van der Waals surface area (Å²) in [6.45, 7) is 17.1. The smallest absolute Gasteiger partial charge is 0.319 e. The molecule has 11 heteroatoms. The zero-order valence-electron chi connectivity index (χ0n) is 25.9. The first kappa shape index (κ1) is 31.2. The zero-order valence-corrected chi connectivity index (χ0v) is 26.7. The lowest BCUT2D eigenvalue weighted by atomic mass is 9.94. The van der Waals surface area contributed by atoms with Crippen LogP contribution in [0.5, 0.6) is 6.01 Å². The molecule has 6 rings (SSSR count). The lowest BCUT2D eigenvalue weighted by Gasteiger charge is -2.41. The first-order valence-corrected chi connectivity index (χ1v) is 15.8. The third-order valence-corrected chi connectivity index (χ3v) is 9.66. The van der Waals surface area contributed by atoms with E-state index in [2.05, 4.69) is 37.2 Å². The largest absolute Gasteiger partial charge is 0.456 e. The molecule has 45 heavy (non-hydrogen) atoms. The highest BCUT2D eigenvalue weighted by molar-refractivity contribution is 6.35. The molecule has 1 unspecified atom stereocenters. The van der Waals surface area contributed by atoms with Crippen molar-refractivity contribution in [2.75, 3.05) is 44.7 Å². The molecule has 2 saturated heterocycles. The van der Waals surface area contributed by atoms with E-state index in [1.165, 1.54) is 4.90 Å². The highest BCUT2D eigenvalue weighted by atomic mass is 35.5. The Balaban J connectivity index is 1.38. The first-order valence-electron chi connectivity index (χ1n) is 15.4. The van der Waals surface area contributed by atoms with E-state index in [0.717, 1.165) is 47.0 Å². The molecule has 3 aliphatic rings. The number of benzene rings is 2. The molecule has 9 nitrogen and oxygen atoms in total. The average Bonchev–Trinajstić information content (AvgIpc) is 3.46. The number of likely N-dealkylation sites (tertiary alicyclic amines) is 1. The van der Waals surface area contributed by atoms with Gasteiger partial charge in [0, 0.05) is 48.1 Å². The number of hydrogen-bond acceptors (Lipinski definition) is 7. The van der Waals surface area contributed by atoms with E-state index < -0.39 is 23.4 Å². The standard InChI is InChI=1S/C34H38ClFN6O3/c1-21(36)32(43)42-16-15-41(19-23(42)18-37-4)31-25-20-44-28(24-11-6-9-22-10-7-12-26(35)30(22)24)17-27(25)38-33(39-31)45-34(2,3)29-13-8-14-40(29)5/h6-7,9-12,23,28-29H,1,8,13-20H2,2-3,5H3/t23-,28?,29-/m0/s1. The number of fused-ring (bicyclic) bond motifs is 2. The maximum Gasteiger partial charge on any atom is 0.319 e. The van der Waals surface area contributed by atoms with Crippen LogP contribution in [0.15, 0.2) is 48.8 Å². The van der Waals surface area contributed by atoms with Gasteiger partial charge >= 0.3 is 6.01 Å². The van der Waals surface area contributed by atoms with Crippen molar-refractivity contribution in [1.29, 1.82) is 0 Å². The van der Waals surface area contributed by atoms with Gasteiger partial charge in [0.05, 0.1) is 18.4 Å². The molecular weight excluding hydrogens is 595 g/mol. The predicted octanol–water partition coefficient (Wildman–Crippen LogP) is 5.77. The summed E-state index contributed by atoms with van der Waals surface area (Å²) in [4.78, 5) is 31.8. The Labute approximate surface area is 268 Å². The van der Waals surface area contributed by atoms with Gasteiger partial charge in [-0.1, -0.05) is 48.5 Å². The fraction of sp³-hybridized carbons (Fsp3) is 0.471. The SMILES string of the molecule is [C-]#[N+]C[C@H]1CN(c2nc(OC(C)(C)[C@@H]3CCCN3C)nc3c2COC(c2cccc4cccc(Cl)c24)C3)CCN1C(=O)C(=C)F. The summed E-state index contributed by atoms with van der Waals surface area (Å²) >= 11 is 6.68. The molecule has 3 aliphatic heterocycles. The number of rotatable bonds is 7. The number of aromatic nitrogens is 2. The van der Waals surface area contributed by atoms with Crippen LogP contribution in [0.25, 0.3) is 15.6 Å². The molecule has 3 atom stereocenters. The summed E-state index contributed by atoms with van der Waals surface area (Å²) < 4.78 is 27.0. The molecule has 0 radical (unpaired) electrons. The first-order chi connectivity index (χ1) is 21.6. The summed E-state index contributed by atoms with van der Waals surface area (Å²) in [5, 5.41) is 2.67. The van der Waals surface area contributed by atoms with Crippen LogP contribution in [0.4, 0.5) is 10.2 Å². The Morgan fingerprint density at radius 2 is 2.00 bits per heavy atom. The number of anilines is 1. The molecule has 236 valence electrons. The second kappa shape index (κ2) is 12.5. The number of nitrogens with zero attached hydrogens (tertiary/aromatic N) is 6. The van der Waals surface area contributed by atoms with Crippen molar-refractivity contribution in [1.82, 2.24) is 19.8 Å². The van der Waals surface area contributed by atoms with E-state index in [0.29, 0.717) is 30.4 Å². The van der Waals surface area contributed by atoms with Gasteiger partial charge in [0.2, 0.25) is 6.54 Å². The molecular formula is C34H38ClFN6O3. The lowest BCUT2D eigenvalue weighted by Crippen LogP contribution is -2.57. The minimum Gasteiger partial charge on any atom is -0.456 e. The molecule has 0 bridgehead atoms. The van der Waals surface area contributed by atoms with E-state index in [-0.39, 0.29) is 37.9 Å². The van der Waals surface area contributed by atoms with Crippen molar-refractivity contribution < 1.29 is 18.7 Å². The van der Waals surface area contributed by atoms with Crippen LogP contribution in [0.3, 0.4) is 0 Å². The Morgan fingerprint density at radius 3 is 2.71 bits per heavy atom. The van der Waals surface area contributed by atoms with Crippen molar-refractivity contribution in [3.05, 3.63) is 82.1 Å². The van der Waals surface area contributed by atoms with E-state index >= 15 is 0 Å². The van der Waals surface area contributed by atoms with Crippen LogP contribution < -0.4 is 9.64 Å². The summed E-state index contributed by atoms with van der Waals surface area (Å²) in [5.74, 6) is -1.15. The molecule has 1 aromatic heterocycles. The van der Waals surface area contributed by atoms with Crippen LogP contribution in [-0.4, -0.2) is 83.1 Å². The van der Waals surface area contributed by atoms with E-state index in [9.17, 15) is 9.18 Å². The van der Waals surface area contributed by atoms with E-state index in [4.69, 9.17) is 37.6 Å². The van der Waals surface area contributed by atoms with Gasteiger partial charge in [0.15, 0.2) is 5.83 Å². The van der Waals surface area contributed by atoms with Gasteiger partial charge in [0.1, 0.15) is 17.5 Å².